The molecule has 0 aromatic heterocycles. The van der Waals surface area contributed by atoms with E-state index in [1.165, 1.54) is 35.5 Å². The van der Waals surface area contributed by atoms with Crippen molar-refractivity contribution in [3.05, 3.63) is 48.5 Å². The van der Waals surface area contributed by atoms with Crippen molar-refractivity contribution in [1.82, 2.24) is 0 Å². The van der Waals surface area contributed by atoms with E-state index in [9.17, 15) is 10.2 Å². The molecule has 2 nitrogen and oxygen atoms in total. The Kier molecular flexibility index (Phi) is 3.98. The maximum atomic E-state index is 9.51. The number of hydrogen-bond acceptors (Lipinski definition) is 4. The van der Waals surface area contributed by atoms with Crippen molar-refractivity contribution in [2.75, 3.05) is 0 Å². The minimum Gasteiger partial charge on any atom is -0.508 e. The summed E-state index contributed by atoms with van der Waals surface area (Å²) in [6, 6.07) is 15.2. The largest absolute Gasteiger partial charge is 0.508 e. The highest BCUT2D eigenvalue weighted by Gasteiger charge is 2.52. The van der Waals surface area contributed by atoms with E-state index in [0.717, 1.165) is 11.8 Å². The SMILES string of the molecule is Oc1ccc(SC2(Sc3ccc(O)cc3)CC3CCC2C3)cc1. The summed E-state index contributed by atoms with van der Waals surface area (Å²) in [6.45, 7) is 0. The summed E-state index contributed by atoms with van der Waals surface area (Å²) in [4.78, 5) is 2.45. The van der Waals surface area contributed by atoms with Gasteiger partial charge in [-0.15, -0.1) is 23.5 Å². The topological polar surface area (TPSA) is 40.5 Å². The normalized spacial score (nSPS) is 24.9. The van der Waals surface area contributed by atoms with Gasteiger partial charge in [0.2, 0.25) is 0 Å². The third kappa shape index (κ3) is 3.07. The third-order valence-corrected chi connectivity index (χ3v) is 8.20. The second kappa shape index (κ2) is 5.99. The van der Waals surface area contributed by atoms with E-state index in [4.69, 9.17) is 0 Å². The number of rotatable bonds is 4. The van der Waals surface area contributed by atoms with E-state index in [1.807, 2.05) is 47.8 Å². The molecule has 2 N–H and O–H groups in total. The second-order valence-corrected chi connectivity index (χ2v) is 9.65. The Hall–Kier alpha value is -1.26. The number of aromatic hydroxyl groups is 2. The van der Waals surface area contributed by atoms with Crippen LogP contribution in [0.5, 0.6) is 11.5 Å². The molecule has 2 aliphatic rings. The molecule has 2 aromatic rings. The molecule has 2 saturated carbocycles. The average molecular weight is 345 g/mol. The highest BCUT2D eigenvalue weighted by molar-refractivity contribution is 8.18. The lowest BCUT2D eigenvalue weighted by atomic mass is 10.00. The summed E-state index contributed by atoms with van der Waals surface area (Å²) >= 11 is 3.92. The lowest BCUT2D eigenvalue weighted by Gasteiger charge is -2.36. The van der Waals surface area contributed by atoms with E-state index in [-0.39, 0.29) is 4.08 Å². The zero-order chi connectivity index (χ0) is 15.9. The zero-order valence-corrected chi connectivity index (χ0v) is 14.4. The van der Waals surface area contributed by atoms with Crippen LogP contribution in [0.15, 0.2) is 58.3 Å². The number of thioether (sulfide) groups is 2. The minimum atomic E-state index is 0.177. The summed E-state index contributed by atoms with van der Waals surface area (Å²) in [7, 11) is 0. The first-order valence-corrected chi connectivity index (χ1v) is 9.72. The summed E-state index contributed by atoms with van der Waals surface area (Å²) in [6.07, 6.45) is 5.28. The Morgan fingerprint density at radius 1 is 0.783 bits per heavy atom. The molecule has 0 aliphatic heterocycles. The Morgan fingerprint density at radius 2 is 1.30 bits per heavy atom. The van der Waals surface area contributed by atoms with E-state index < -0.39 is 0 Å². The number of hydrogen-bond donors (Lipinski definition) is 2. The molecule has 0 amide bonds. The minimum absolute atomic E-state index is 0.177. The van der Waals surface area contributed by atoms with Gasteiger partial charge in [0.1, 0.15) is 11.5 Å². The predicted octanol–water partition coefficient (Wildman–Crippen LogP) is 5.50. The summed E-state index contributed by atoms with van der Waals surface area (Å²) in [5.74, 6) is 2.24. The van der Waals surface area contributed by atoms with E-state index in [1.54, 1.807) is 24.3 Å². The average Bonchev–Trinajstić information content (AvgIpc) is 3.13. The van der Waals surface area contributed by atoms with Crippen LogP contribution in [0.3, 0.4) is 0 Å². The lowest BCUT2D eigenvalue weighted by molar-refractivity contribution is 0.466. The van der Waals surface area contributed by atoms with Crippen molar-refractivity contribution in [2.24, 2.45) is 11.8 Å². The molecule has 23 heavy (non-hydrogen) atoms. The predicted molar refractivity (Wildman–Crippen MR) is 96.1 cm³/mol. The number of fused-ring (bicyclic) bond motifs is 2. The van der Waals surface area contributed by atoms with Crippen LogP contribution < -0.4 is 0 Å². The number of benzene rings is 2. The Morgan fingerprint density at radius 3 is 1.70 bits per heavy atom. The summed E-state index contributed by atoms with van der Waals surface area (Å²) in [5.41, 5.74) is 0. The molecule has 2 unspecified atom stereocenters. The van der Waals surface area contributed by atoms with Crippen LogP contribution >= 0.6 is 23.5 Å². The van der Waals surface area contributed by atoms with Crippen LogP contribution in [-0.2, 0) is 0 Å². The van der Waals surface area contributed by atoms with E-state index in [0.29, 0.717) is 11.5 Å². The van der Waals surface area contributed by atoms with Gasteiger partial charge in [0.15, 0.2) is 0 Å². The van der Waals surface area contributed by atoms with Crippen LogP contribution in [-0.4, -0.2) is 14.3 Å². The van der Waals surface area contributed by atoms with Crippen molar-refractivity contribution in [3.63, 3.8) is 0 Å². The summed E-state index contributed by atoms with van der Waals surface area (Å²) in [5, 5.41) is 19.0. The van der Waals surface area contributed by atoms with Crippen LogP contribution in [0.1, 0.15) is 25.7 Å². The molecule has 0 saturated heterocycles. The van der Waals surface area contributed by atoms with E-state index in [2.05, 4.69) is 0 Å². The Balaban J connectivity index is 1.62. The van der Waals surface area contributed by atoms with Gasteiger partial charge in [-0.25, -0.2) is 0 Å². The Labute approximate surface area is 145 Å². The molecule has 4 rings (SSSR count). The zero-order valence-electron chi connectivity index (χ0n) is 12.8. The van der Waals surface area contributed by atoms with Gasteiger partial charge in [-0.2, -0.15) is 0 Å². The molecular formula is C19H20O2S2. The smallest absolute Gasteiger partial charge is 0.115 e. The Bertz CT molecular complexity index is 634. The maximum absolute atomic E-state index is 9.51. The fraction of sp³-hybridized carbons (Fsp3) is 0.368. The van der Waals surface area contributed by atoms with Crippen molar-refractivity contribution < 1.29 is 10.2 Å². The monoisotopic (exact) mass is 344 g/mol. The molecule has 2 bridgehead atoms. The van der Waals surface area contributed by atoms with E-state index >= 15 is 0 Å². The molecule has 2 atom stereocenters. The molecular weight excluding hydrogens is 324 g/mol. The first-order valence-electron chi connectivity index (χ1n) is 8.09. The van der Waals surface area contributed by atoms with Gasteiger partial charge < -0.3 is 10.2 Å². The summed E-state index contributed by atoms with van der Waals surface area (Å²) < 4.78 is 0.177. The van der Waals surface area contributed by atoms with Gasteiger partial charge in [0, 0.05) is 9.79 Å². The van der Waals surface area contributed by atoms with Crippen LogP contribution in [0.2, 0.25) is 0 Å². The number of phenolic OH excluding ortho intramolecular Hbond substituents is 2. The quantitative estimate of drug-likeness (QED) is 0.719. The van der Waals surface area contributed by atoms with Gasteiger partial charge >= 0.3 is 0 Å². The van der Waals surface area contributed by atoms with Crippen molar-refractivity contribution >= 4 is 23.5 Å². The molecule has 4 heteroatoms. The lowest BCUT2D eigenvalue weighted by Crippen LogP contribution is -2.27. The first-order chi connectivity index (χ1) is 11.1. The van der Waals surface area contributed by atoms with Gasteiger partial charge in [0.05, 0.1) is 4.08 Å². The van der Waals surface area contributed by atoms with Gasteiger partial charge in [-0.05, 0) is 79.6 Å². The van der Waals surface area contributed by atoms with Crippen molar-refractivity contribution in [2.45, 2.75) is 39.6 Å². The molecule has 0 heterocycles. The van der Waals surface area contributed by atoms with Crippen LogP contribution in [0.25, 0.3) is 0 Å². The van der Waals surface area contributed by atoms with Crippen LogP contribution in [0.4, 0.5) is 0 Å². The van der Waals surface area contributed by atoms with Gasteiger partial charge in [-0.3, -0.25) is 0 Å². The molecule has 2 aromatic carbocycles. The molecule has 0 radical (unpaired) electrons. The highest BCUT2D eigenvalue weighted by atomic mass is 32.2. The highest BCUT2D eigenvalue weighted by Crippen LogP contribution is 2.65. The fourth-order valence-electron chi connectivity index (χ4n) is 3.93. The molecule has 120 valence electrons. The first kappa shape index (κ1) is 15.3. The van der Waals surface area contributed by atoms with Crippen LogP contribution in [0, 0.1) is 11.8 Å². The van der Waals surface area contributed by atoms with Gasteiger partial charge in [0.25, 0.3) is 0 Å². The maximum Gasteiger partial charge on any atom is 0.115 e. The molecule has 2 fully saturated rings. The number of phenols is 2. The van der Waals surface area contributed by atoms with Crippen molar-refractivity contribution in [1.29, 1.82) is 0 Å². The van der Waals surface area contributed by atoms with Gasteiger partial charge in [-0.1, -0.05) is 6.42 Å². The second-order valence-electron chi connectivity index (χ2n) is 6.58. The fourth-order valence-corrected chi connectivity index (χ4v) is 7.41. The standard InChI is InChI=1S/C19H20O2S2/c20-15-3-7-17(8-4-15)22-19(12-13-1-2-14(19)11-13)23-18-9-5-16(21)6-10-18/h3-10,13-14,20-21H,1-2,11-12H2. The molecule has 0 spiro atoms. The van der Waals surface area contributed by atoms with Crippen molar-refractivity contribution in [3.8, 4) is 11.5 Å². The molecule has 2 aliphatic carbocycles. The third-order valence-electron chi connectivity index (χ3n) is 4.99.